The minimum Gasteiger partial charge on any atom is -0.494 e. The molecular weight excluding hydrogens is 386 g/mol. The van der Waals surface area contributed by atoms with E-state index >= 15 is 0 Å². The maximum Gasteiger partial charge on any atom is 0.258 e. The first-order valence-electron chi connectivity index (χ1n) is 9.23. The minimum atomic E-state index is -0.171. The number of anilines is 1. The van der Waals surface area contributed by atoms with Crippen molar-refractivity contribution < 1.29 is 14.3 Å². The van der Waals surface area contributed by atoms with Crippen LogP contribution in [0.2, 0.25) is 0 Å². The number of rotatable bonds is 9. The molecule has 0 bridgehead atoms. The number of nitriles is 1. The van der Waals surface area contributed by atoms with Crippen molar-refractivity contribution in [3.05, 3.63) is 70.7 Å². The molecule has 0 fully saturated rings. The zero-order valence-electron chi connectivity index (χ0n) is 16.1. The summed E-state index contributed by atoms with van der Waals surface area (Å²) in [4.78, 5) is 18.8. The predicted octanol–water partition coefficient (Wildman–Crippen LogP) is 4.68. The number of carbonyl (C=O) groups excluding carboxylic acids is 1. The van der Waals surface area contributed by atoms with E-state index in [0.29, 0.717) is 31.1 Å². The van der Waals surface area contributed by atoms with Gasteiger partial charge in [-0.15, -0.1) is 11.3 Å². The molecule has 0 aliphatic carbocycles. The highest BCUT2D eigenvalue weighted by Crippen LogP contribution is 2.23. The lowest BCUT2D eigenvalue weighted by atomic mass is 10.1. The van der Waals surface area contributed by atoms with Crippen molar-refractivity contribution in [2.75, 3.05) is 18.1 Å². The first-order chi connectivity index (χ1) is 14.2. The Labute approximate surface area is 174 Å². The summed E-state index contributed by atoms with van der Waals surface area (Å²) in [7, 11) is 0. The van der Waals surface area contributed by atoms with Gasteiger partial charge in [-0.1, -0.05) is 0 Å². The first-order valence-corrected chi connectivity index (χ1v) is 10.2. The molecule has 0 aliphatic heterocycles. The molecule has 0 unspecified atom stereocenters. The molecule has 0 aliphatic rings. The lowest BCUT2D eigenvalue weighted by molar-refractivity contribution is 0.0987. The Kier molecular flexibility index (Phi) is 7.20. The standard InChI is InChI=1S/C22H21N3O3S/c1-2-27-20-10-6-19(7-11-20)25(13-3-12-23)22(26)17-4-8-21(9-5-17)28-14-18-15-29-16-24-18/h4-11,15-16H,2-3,13-14H2,1H3. The SMILES string of the molecule is CCOc1ccc(N(CCC#N)C(=O)c2ccc(OCc3cscn3)cc2)cc1. The van der Waals surface area contributed by atoms with Gasteiger partial charge in [0, 0.05) is 23.2 Å². The van der Waals surface area contributed by atoms with E-state index < -0.39 is 0 Å². The van der Waals surface area contributed by atoms with E-state index in [4.69, 9.17) is 14.7 Å². The molecule has 1 heterocycles. The molecule has 0 N–H and O–H groups in total. The fourth-order valence-corrected chi connectivity index (χ4v) is 3.26. The molecule has 29 heavy (non-hydrogen) atoms. The zero-order chi connectivity index (χ0) is 20.5. The summed E-state index contributed by atoms with van der Waals surface area (Å²) in [6.07, 6.45) is 0.244. The summed E-state index contributed by atoms with van der Waals surface area (Å²) in [5.41, 5.74) is 3.88. The van der Waals surface area contributed by atoms with Crippen LogP contribution in [-0.4, -0.2) is 24.0 Å². The Balaban J connectivity index is 1.72. The number of ether oxygens (including phenoxy) is 2. The predicted molar refractivity (Wildman–Crippen MR) is 112 cm³/mol. The fourth-order valence-electron chi connectivity index (χ4n) is 2.71. The second-order valence-corrected chi connectivity index (χ2v) is 6.80. The normalized spacial score (nSPS) is 10.2. The summed E-state index contributed by atoms with van der Waals surface area (Å²) < 4.78 is 11.1. The summed E-state index contributed by atoms with van der Waals surface area (Å²) in [6.45, 7) is 3.19. The summed E-state index contributed by atoms with van der Waals surface area (Å²) in [6, 6.07) is 16.4. The molecule has 1 aromatic heterocycles. The molecule has 3 rings (SSSR count). The topological polar surface area (TPSA) is 75.5 Å². The molecule has 1 amide bonds. The molecule has 0 saturated heterocycles. The number of nitrogens with zero attached hydrogens (tertiary/aromatic N) is 3. The number of thiazole rings is 1. The number of hydrogen-bond donors (Lipinski definition) is 0. The molecular formula is C22H21N3O3S. The lowest BCUT2D eigenvalue weighted by Gasteiger charge is -2.22. The van der Waals surface area contributed by atoms with Gasteiger partial charge in [-0.2, -0.15) is 5.26 Å². The van der Waals surface area contributed by atoms with Crippen LogP contribution in [-0.2, 0) is 6.61 Å². The fraction of sp³-hybridized carbons (Fsp3) is 0.227. The molecule has 0 saturated carbocycles. The van der Waals surface area contributed by atoms with Crippen LogP contribution in [0, 0.1) is 11.3 Å². The van der Waals surface area contributed by atoms with Gasteiger partial charge in [0.05, 0.1) is 30.3 Å². The van der Waals surface area contributed by atoms with Crippen LogP contribution in [0.4, 0.5) is 5.69 Å². The van der Waals surface area contributed by atoms with Crippen molar-refractivity contribution in [3.8, 4) is 17.6 Å². The van der Waals surface area contributed by atoms with Crippen molar-refractivity contribution in [1.82, 2.24) is 4.98 Å². The van der Waals surface area contributed by atoms with E-state index in [1.165, 1.54) is 11.3 Å². The average molecular weight is 407 g/mol. The van der Waals surface area contributed by atoms with Crippen molar-refractivity contribution in [3.63, 3.8) is 0 Å². The van der Waals surface area contributed by atoms with Crippen LogP contribution < -0.4 is 14.4 Å². The summed E-state index contributed by atoms with van der Waals surface area (Å²) >= 11 is 1.52. The largest absolute Gasteiger partial charge is 0.494 e. The molecule has 2 aromatic carbocycles. The highest BCUT2D eigenvalue weighted by Gasteiger charge is 2.18. The second kappa shape index (κ2) is 10.2. The van der Waals surface area contributed by atoms with E-state index in [1.807, 2.05) is 36.6 Å². The van der Waals surface area contributed by atoms with Crippen molar-refractivity contribution >= 4 is 22.9 Å². The van der Waals surface area contributed by atoms with E-state index in [1.54, 1.807) is 34.7 Å². The highest BCUT2D eigenvalue weighted by molar-refractivity contribution is 7.07. The van der Waals surface area contributed by atoms with Crippen LogP contribution in [0.3, 0.4) is 0 Å². The van der Waals surface area contributed by atoms with Gasteiger partial charge in [-0.25, -0.2) is 4.98 Å². The van der Waals surface area contributed by atoms with Gasteiger partial charge < -0.3 is 14.4 Å². The molecule has 0 atom stereocenters. The van der Waals surface area contributed by atoms with Gasteiger partial charge in [0.25, 0.3) is 5.91 Å². The Hall–Kier alpha value is -3.37. The lowest BCUT2D eigenvalue weighted by Crippen LogP contribution is -2.31. The molecule has 6 nitrogen and oxygen atoms in total. The van der Waals surface area contributed by atoms with E-state index in [9.17, 15) is 4.79 Å². The van der Waals surface area contributed by atoms with E-state index in [2.05, 4.69) is 11.1 Å². The molecule has 0 radical (unpaired) electrons. The maximum absolute atomic E-state index is 13.1. The number of hydrogen-bond acceptors (Lipinski definition) is 6. The summed E-state index contributed by atoms with van der Waals surface area (Å²) in [5.74, 6) is 1.24. The highest BCUT2D eigenvalue weighted by atomic mass is 32.1. The minimum absolute atomic E-state index is 0.171. The van der Waals surface area contributed by atoms with Crippen LogP contribution in [0.5, 0.6) is 11.5 Å². The van der Waals surface area contributed by atoms with Gasteiger partial charge in [-0.05, 0) is 55.5 Å². The maximum atomic E-state index is 13.1. The number of aromatic nitrogens is 1. The van der Waals surface area contributed by atoms with E-state index in [0.717, 1.165) is 17.1 Å². The Morgan fingerprint density at radius 3 is 2.41 bits per heavy atom. The third-order valence-corrected chi connectivity index (χ3v) is 4.76. The van der Waals surface area contributed by atoms with Gasteiger partial charge in [0.2, 0.25) is 0 Å². The smallest absolute Gasteiger partial charge is 0.258 e. The molecule has 7 heteroatoms. The zero-order valence-corrected chi connectivity index (χ0v) is 16.9. The molecule has 3 aromatic rings. The van der Waals surface area contributed by atoms with Crippen molar-refractivity contribution in [1.29, 1.82) is 5.26 Å². The van der Waals surface area contributed by atoms with Gasteiger partial charge in [0.1, 0.15) is 18.1 Å². The van der Waals surface area contributed by atoms with Crippen LogP contribution in [0.15, 0.2) is 59.4 Å². The third kappa shape index (κ3) is 5.56. The first kappa shape index (κ1) is 20.4. The van der Waals surface area contributed by atoms with Gasteiger partial charge in [-0.3, -0.25) is 4.79 Å². The van der Waals surface area contributed by atoms with Crippen molar-refractivity contribution in [2.45, 2.75) is 20.0 Å². The monoisotopic (exact) mass is 407 g/mol. The second-order valence-electron chi connectivity index (χ2n) is 6.08. The Morgan fingerprint density at radius 2 is 1.79 bits per heavy atom. The number of benzene rings is 2. The average Bonchev–Trinajstić information content (AvgIpc) is 3.28. The van der Waals surface area contributed by atoms with Crippen LogP contribution in [0.25, 0.3) is 0 Å². The Morgan fingerprint density at radius 1 is 1.10 bits per heavy atom. The van der Waals surface area contributed by atoms with Gasteiger partial charge in [0.15, 0.2) is 0 Å². The van der Waals surface area contributed by atoms with Crippen LogP contribution in [0.1, 0.15) is 29.4 Å². The summed E-state index contributed by atoms with van der Waals surface area (Å²) in [5, 5.41) is 10.9. The molecule has 0 spiro atoms. The third-order valence-electron chi connectivity index (χ3n) is 4.12. The van der Waals surface area contributed by atoms with Crippen molar-refractivity contribution in [2.24, 2.45) is 0 Å². The van der Waals surface area contributed by atoms with E-state index in [-0.39, 0.29) is 12.3 Å². The number of carbonyl (C=O) groups is 1. The number of amides is 1. The van der Waals surface area contributed by atoms with Gasteiger partial charge >= 0.3 is 0 Å². The molecule has 148 valence electrons. The van der Waals surface area contributed by atoms with Crippen LogP contribution >= 0.6 is 11.3 Å². The Bertz CT molecular complexity index is 948. The quantitative estimate of drug-likeness (QED) is 0.515.